The fourth-order valence-electron chi connectivity index (χ4n) is 3.72. The Labute approximate surface area is 189 Å². The number of para-hydroxylation sites is 1. The molecular formula is C26H18N4OS. The van der Waals surface area contributed by atoms with E-state index < -0.39 is 0 Å². The van der Waals surface area contributed by atoms with Gasteiger partial charge in [-0.2, -0.15) is 9.78 Å². The summed E-state index contributed by atoms with van der Waals surface area (Å²) in [5.41, 5.74) is 3.04. The Morgan fingerprint density at radius 2 is 1.41 bits per heavy atom. The van der Waals surface area contributed by atoms with Gasteiger partial charge in [-0.05, 0) is 58.8 Å². The van der Waals surface area contributed by atoms with E-state index in [1.807, 2.05) is 71.4 Å². The zero-order valence-electron chi connectivity index (χ0n) is 17.1. The summed E-state index contributed by atoms with van der Waals surface area (Å²) in [6, 6.07) is 32.4. The minimum absolute atomic E-state index is 0.745. The lowest BCUT2D eigenvalue weighted by atomic mass is 10.1. The highest BCUT2D eigenvalue weighted by Crippen LogP contribution is 2.30. The fraction of sp³-hybridized carbons (Fsp3) is 0.0385. The Balaban J connectivity index is 1.31. The zero-order valence-corrected chi connectivity index (χ0v) is 17.9. The quantitative estimate of drug-likeness (QED) is 0.336. The first-order chi connectivity index (χ1) is 15.8. The molecule has 1 aliphatic heterocycles. The number of benzene rings is 4. The van der Waals surface area contributed by atoms with Crippen molar-refractivity contribution >= 4 is 28.2 Å². The molecule has 4 aromatic carbocycles. The predicted molar refractivity (Wildman–Crippen MR) is 129 cm³/mol. The van der Waals surface area contributed by atoms with E-state index in [-0.39, 0.29) is 0 Å². The van der Waals surface area contributed by atoms with Crippen LogP contribution < -0.4 is 4.74 Å². The second kappa shape index (κ2) is 7.98. The van der Waals surface area contributed by atoms with Crippen LogP contribution in [0.25, 0.3) is 22.2 Å². The Bertz CT molecular complexity index is 1440. The first-order valence-electron chi connectivity index (χ1n) is 10.3. The number of hydrogen-bond acceptors (Lipinski definition) is 5. The standard InChI is InChI=1S/C26H18N4OS/c1-2-8-22(9-3-1)31-23-14-12-19(13-15-23)24-17-32-26-28-27-25(30(26)29-24)21-11-10-18-6-4-5-7-20(18)16-21/h1-16H,17H2. The van der Waals surface area contributed by atoms with Crippen molar-refractivity contribution in [2.75, 3.05) is 5.75 Å². The fourth-order valence-corrected chi connectivity index (χ4v) is 4.56. The molecule has 1 aliphatic rings. The third-order valence-electron chi connectivity index (χ3n) is 5.34. The molecule has 0 spiro atoms. The highest BCUT2D eigenvalue weighted by atomic mass is 32.2. The summed E-state index contributed by atoms with van der Waals surface area (Å²) < 4.78 is 7.76. The van der Waals surface area contributed by atoms with Crippen molar-refractivity contribution in [2.45, 2.75) is 5.16 Å². The molecule has 0 bridgehead atoms. The van der Waals surface area contributed by atoms with Crippen molar-refractivity contribution in [2.24, 2.45) is 5.10 Å². The molecule has 6 heteroatoms. The van der Waals surface area contributed by atoms with Gasteiger partial charge in [-0.15, -0.1) is 10.2 Å². The highest BCUT2D eigenvalue weighted by Gasteiger charge is 2.21. The molecule has 5 nitrogen and oxygen atoms in total. The van der Waals surface area contributed by atoms with E-state index in [1.54, 1.807) is 11.8 Å². The van der Waals surface area contributed by atoms with Gasteiger partial charge in [0.2, 0.25) is 5.16 Å². The van der Waals surface area contributed by atoms with E-state index in [2.05, 4.69) is 40.5 Å². The number of thioether (sulfide) groups is 1. The van der Waals surface area contributed by atoms with Gasteiger partial charge in [-0.25, -0.2) is 0 Å². The van der Waals surface area contributed by atoms with Gasteiger partial charge in [0.15, 0.2) is 5.82 Å². The van der Waals surface area contributed by atoms with E-state index in [0.717, 1.165) is 45.1 Å². The lowest BCUT2D eigenvalue weighted by Crippen LogP contribution is -2.13. The molecule has 0 aliphatic carbocycles. The first-order valence-corrected chi connectivity index (χ1v) is 11.3. The molecule has 0 amide bonds. The van der Waals surface area contributed by atoms with Gasteiger partial charge < -0.3 is 4.74 Å². The summed E-state index contributed by atoms with van der Waals surface area (Å²) >= 11 is 1.64. The van der Waals surface area contributed by atoms with Crippen LogP contribution in [0.5, 0.6) is 11.5 Å². The van der Waals surface area contributed by atoms with E-state index in [1.165, 1.54) is 10.8 Å². The van der Waals surface area contributed by atoms with Crippen molar-refractivity contribution in [3.63, 3.8) is 0 Å². The maximum absolute atomic E-state index is 5.91. The number of aromatic nitrogens is 3. The summed E-state index contributed by atoms with van der Waals surface area (Å²) in [7, 11) is 0. The van der Waals surface area contributed by atoms with Gasteiger partial charge in [0.25, 0.3) is 0 Å². The van der Waals surface area contributed by atoms with Crippen molar-refractivity contribution in [1.82, 2.24) is 14.9 Å². The predicted octanol–water partition coefficient (Wildman–Crippen LogP) is 6.25. The molecule has 6 rings (SSSR count). The summed E-state index contributed by atoms with van der Waals surface area (Å²) in [5.74, 6) is 3.11. The molecule has 0 fully saturated rings. The van der Waals surface area contributed by atoms with Gasteiger partial charge >= 0.3 is 0 Å². The van der Waals surface area contributed by atoms with Gasteiger partial charge in [-0.3, -0.25) is 0 Å². The molecule has 5 aromatic rings. The average molecular weight is 435 g/mol. The number of fused-ring (bicyclic) bond motifs is 2. The van der Waals surface area contributed by atoms with Gasteiger partial charge in [-0.1, -0.05) is 66.4 Å². The van der Waals surface area contributed by atoms with Crippen LogP contribution in [0.15, 0.2) is 107 Å². The van der Waals surface area contributed by atoms with Crippen LogP contribution in [0.2, 0.25) is 0 Å². The number of ether oxygens (including phenoxy) is 1. The summed E-state index contributed by atoms with van der Waals surface area (Å²) in [4.78, 5) is 0. The van der Waals surface area contributed by atoms with Crippen molar-refractivity contribution in [3.8, 4) is 22.9 Å². The summed E-state index contributed by atoms with van der Waals surface area (Å²) in [6.45, 7) is 0. The molecule has 0 saturated carbocycles. The maximum atomic E-state index is 5.91. The molecule has 154 valence electrons. The highest BCUT2D eigenvalue weighted by molar-refractivity contribution is 7.99. The van der Waals surface area contributed by atoms with E-state index in [0.29, 0.717) is 0 Å². The largest absolute Gasteiger partial charge is 0.457 e. The zero-order chi connectivity index (χ0) is 21.3. The molecule has 0 saturated heterocycles. The molecular weight excluding hydrogens is 416 g/mol. The number of rotatable bonds is 4. The van der Waals surface area contributed by atoms with Crippen LogP contribution >= 0.6 is 11.8 Å². The first kappa shape index (κ1) is 18.8. The van der Waals surface area contributed by atoms with Gasteiger partial charge in [0, 0.05) is 11.3 Å². The Morgan fingerprint density at radius 1 is 0.688 bits per heavy atom. The molecule has 0 radical (unpaired) electrons. The normalized spacial score (nSPS) is 12.9. The molecule has 0 N–H and O–H groups in total. The molecule has 0 unspecified atom stereocenters. The molecule has 2 heterocycles. The van der Waals surface area contributed by atoms with Crippen molar-refractivity contribution in [1.29, 1.82) is 0 Å². The third-order valence-corrected chi connectivity index (χ3v) is 6.28. The number of hydrogen-bond donors (Lipinski definition) is 0. The topological polar surface area (TPSA) is 52.3 Å². The molecule has 0 atom stereocenters. The second-order valence-corrected chi connectivity index (χ2v) is 8.40. The van der Waals surface area contributed by atoms with E-state index in [4.69, 9.17) is 9.84 Å². The van der Waals surface area contributed by atoms with Crippen LogP contribution in [0.1, 0.15) is 5.56 Å². The second-order valence-electron chi connectivity index (χ2n) is 7.45. The Kier molecular flexibility index (Phi) is 4.70. The summed E-state index contributed by atoms with van der Waals surface area (Å²) in [6.07, 6.45) is 0. The molecule has 1 aromatic heterocycles. The van der Waals surface area contributed by atoms with Crippen LogP contribution in [0, 0.1) is 0 Å². The van der Waals surface area contributed by atoms with Crippen molar-refractivity contribution in [3.05, 3.63) is 103 Å². The van der Waals surface area contributed by atoms with Crippen LogP contribution in [-0.4, -0.2) is 26.3 Å². The van der Waals surface area contributed by atoms with Gasteiger partial charge in [0.1, 0.15) is 11.5 Å². The Hall–Kier alpha value is -3.90. The minimum atomic E-state index is 0.745. The monoisotopic (exact) mass is 434 g/mol. The maximum Gasteiger partial charge on any atom is 0.212 e. The SMILES string of the molecule is c1ccc(Oc2ccc(C3=Nn4c(nnc4-c4ccc5ccccc5c4)SC3)cc2)cc1. The van der Waals surface area contributed by atoms with Crippen LogP contribution in [0.4, 0.5) is 0 Å². The molecule has 32 heavy (non-hydrogen) atoms. The van der Waals surface area contributed by atoms with Crippen LogP contribution in [-0.2, 0) is 0 Å². The Morgan fingerprint density at radius 3 is 2.25 bits per heavy atom. The lowest BCUT2D eigenvalue weighted by molar-refractivity contribution is 0.482. The smallest absolute Gasteiger partial charge is 0.212 e. The summed E-state index contributed by atoms with van der Waals surface area (Å²) in [5, 5.41) is 16.8. The van der Waals surface area contributed by atoms with E-state index >= 15 is 0 Å². The van der Waals surface area contributed by atoms with E-state index in [9.17, 15) is 0 Å². The minimum Gasteiger partial charge on any atom is -0.457 e. The lowest BCUT2D eigenvalue weighted by Gasteiger charge is -2.14. The van der Waals surface area contributed by atoms with Gasteiger partial charge in [0.05, 0.1) is 5.71 Å². The number of nitrogens with zero attached hydrogens (tertiary/aromatic N) is 4. The van der Waals surface area contributed by atoms with Crippen molar-refractivity contribution < 1.29 is 4.74 Å². The average Bonchev–Trinajstić information content (AvgIpc) is 3.28. The third kappa shape index (κ3) is 3.55. The van der Waals surface area contributed by atoms with Crippen LogP contribution in [0.3, 0.4) is 0 Å².